The number of anilines is 1. The summed E-state index contributed by atoms with van der Waals surface area (Å²) in [6.07, 6.45) is 2.93. The molecule has 0 saturated carbocycles. The standard InChI is InChI=1S/C20H18BrN3O/c1-13-10-11-14(21)12-17(13)22-20(25)19-16-8-5-9-18(16)24(23-19)15-6-3-2-4-7-15/h2-4,6-7,10-12H,5,8-9H2,1H3,(H,22,25). The number of benzene rings is 2. The van der Waals surface area contributed by atoms with Crippen molar-refractivity contribution in [3.05, 3.63) is 75.5 Å². The van der Waals surface area contributed by atoms with Crippen LogP contribution < -0.4 is 5.32 Å². The molecule has 126 valence electrons. The summed E-state index contributed by atoms with van der Waals surface area (Å²) in [5, 5.41) is 7.66. The summed E-state index contributed by atoms with van der Waals surface area (Å²) in [5.41, 5.74) is 5.60. The third kappa shape index (κ3) is 3.00. The molecule has 5 heteroatoms. The lowest BCUT2D eigenvalue weighted by atomic mass is 10.1. The second-order valence-electron chi connectivity index (χ2n) is 6.29. The fraction of sp³-hybridized carbons (Fsp3) is 0.200. The molecule has 1 N–H and O–H groups in total. The Balaban J connectivity index is 1.71. The highest BCUT2D eigenvalue weighted by atomic mass is 79.9. The van der Waals surface area contributed by atoms with Gasteiger partial charge in [-0.3, -0.25) is 4.79 Å². The van der Waals surface area contributed by atoms with E-state index in [4.69, 9.17) is 0 Å². The second-order valence-corrected chi connectivity index (χ2v) is 7.20. The molecule has 0 fully saturated rings. The topological polar surface area (TPSA) is 46.9 Å². The van der Waals surface area contributed by atoms with Crippen LogP contribution in [-0.2, 0) is 12.8 Å². The Morgan fingerprint density at radius 2 is 1.96 bits per heavy atom. The van der Waals surface area contributed by atoms with E-state index in [2.05, 4.69) is 26.3 Å². The molecular weight excluding hydrogens is 378 g/mol. The van der Waals surface area contributed by atoms with Crippen LogP contribution in [0.25, 0.3) is 5.69 Å². The molecule has 0 radical (unpaired) electrons. The van der Waals surface area contributed by atoms with E-state index < -0.39 is 0 Å². The predicted octanol–water partition coefficient (Wildman–Crippen LogP) is 4.68. The molecule has 1 aromatic heterocycles. The van der Waals surface area contributed by atoms with Crippen LogP contribution in [0.4, 0.5) is 5.69 Å². The highest BCUT2D eigenvalue weighted by molar-refractivity contribution is 9.10. The molecule has 0 unspecified atom stereocenters. The second kappa shape index (κ2) is 6.48. The van der Waals surface area contributed by atoms with E-state index in [1.165, 1.54) is 0 Å². The zero-order valence-corrected chi connectivity index (χ0v) is 15.5. The summed E-state index contributed by atoms with van der Waals surface area (Å²) in [6.45, 7) is 1.98. The molecule has 0 spiro atoms. The van der Waals surface area contributed by atoms with Crippen molar-refractivity contribution in [3.8, 4) is 5.69 Å². The van der Waals surface area contributed by atoms with Gasteiger partial charge in [0.2, 0.25) is 0 Å². The number of fused-ring (bicyclic) bond motifs is 1. The number of hydrogen-bond acceptors (Lipinski definition) is 2. The van der Waals surface area contributed by atoms with Crippen LogP contribution in [0.5, 0.6) is 0 Å². The molecule has 1 aliphatic carbocycles. The average Bonchev–Trinajstić information content (AvgIpc) is 3.21. The number of carbonyl (C=O) groups is 1. The Labute approximate surface area is 155 Å². The van der Waals surface area contributed by atoms with Crippen LogP contribution in [0.1, 0.15) is 33.7 Å². The van der Waals surface area contributed by atoms with Crippen molar-refractivity contribution in [1.29, 1.82) is 0 Å². The molecule has 0 bridgehead atoms. The van der Waals surface area contributed by atoms with E-state index >= 15 is 0 Å². The van der Waals surface area contributed by atoms with Crippen molar-refractivity contribution in [2.45, 2.75) is 26.2 Å². The molecule has 4 nitrogen and oxygen atoms in total. The van der Waals surface area contributed by atoms with E-state index in [1.54, 1.807) is 0 Å². The van der Waals surface area contributed by atoms with Crippen LogP contribution in [-0.4, -0.2) is 15.7 Å². The van der Waals surface area contributed by atoms with Crippen LogP contribution in [0.3, 0.4) is 0 Å². The van der Waals surface area contributed by atoms with Crippen molar-refractivity contribution >= 4 is 27.5 Å². The van der Waals surface area contributed by atoms with Crippen LogP contribution in [0.2, 0.25) is 0 Å². The van der Waals surface area contributed by atoms with Gasteiger partial charge in [0.1, 0.15) is 0 Å². The molecular formula is C20H18BrN3O. The molecule has 3 aromatic rings. The van der Waals surface area contributed by atoms with E-state index in [-0.39, 0.29) is 5.91 Å². The van der Waals surface area contributed by atoms with Gasteiger partial charge in [0, 0.05) is 21.4 Å². The maximum atomic E-state index is 12.9. The number of nitrogens with zero attached hydrogens (tertiary/aromatic N) is 2. The average molecular weight is 396 g/mol. The summed E-state index contributed by atoms with van der Waals surface area (Å²) in [5.74, 6) is -0.144. The third-order valence-corrected chi connectivity index (χ3v) is 5.09. The minimum Gasteiger partial charge on any atom is -0.320 e. The number of aryl methyl sites for hydroxylation is 1. The van der Waals surface area contributed by atoms with Crippen LogP contribution in [0, 0.1) is 6.92 Å². The van der Waals surface area contributed by atoms with Gasteiger partial charge in [-0.1, -0.05) is 40.2 Å². The summed E-state index contributed by atoms with van der Waals surface area (Å²) >= 11 is 3.46. The first kappa shape index (κ1) is 16.1. The number of para-hydroxylation sites is 1. The van der Waals surface area contributed by atoms with E-state index in [1.807, 2.05) is 60.1 Å². The van der Waals surface area contributed by atoms with Gasteiger partial charge in [-0.2, -0.15) is 5.10 Å². The Hall–Kier alpha value is -2.40. The zero-order chi connectivity index (χ0) is 17.4. The highest BCUT2D eigenvalue weighted by Gasteiger charge is 2.27. The van der Waals surface area contributed by atoms with Crippen molar-refractivity contribution in [1.82, 2.24) is 9.78 Å². The maximum absolute atomic E-state index is 12.9. The lowest BCUT2D eigenvalue weighted by Gasteiger charge is -2.08. The van der Waals surface area contributed by atoms with Gasteiger partial charge in [0.15, 0.2) is 5.69 Å². The van der Waals surface area contributed by atoms with Gasteiger partial charge in [0.25, 0.3) is 5.91 Å². The molecule has 1 heterocycles. The van der Waals surface area contributed by atoms with Gasteiger partial charge < -0.3 is 5.32 Å². The van der Waals surface area contributed by atoms with E-state index in [0.29, 0.717) is 5.69 Å². The fourth-order valence-electron chi connectivity index (χ4n) is 3.31. The quantitative estimate of drug-likeness (QED) is 0.699. The van der Waals surface area contributed by atoms with Crippen molar-refractivity contribution in [3.63, 3.8) is 0 Å². The lowest BCUT2D eigenvalue weighted by molar-refractivity contribution is 0.102. The fourth-order valence-corrected chi connectivity index (χ4v) is 3.67. The normalized spacial score (nSPS) is 12.9. The first-order chi connectivity index (χ1) is 12.1. The van der Waals surface area contributed by atoms with Gasteiger partial charge >= 0.3 is 0 Å². The van der Waals surface area contributed by atoms with Gasteiger partial charge in [-0.15, -0.1) is 0 Å². The largest absolute Gasteiger partial charge is 0.320 e. The van der Waals surface area contributed by atoms with Gasteiger partial charge in [0.05, 0.1) is 5.69 Å². The summed E-state index contributed by atoms with van der Waals surface area (Å²) < 4.78 is 2.86. The zero-order valence-electron chi connectivity index (χ0n) is 13.9. The number of hydrogen-bond donors (Lipinski definition) is 1. The maximum Gasteiger partial charge on any atom is 0.276 e. The van der Waals surface area contributed by atoms with Crippen molar-refractivity contribution in [2.75, 3.05) is 5.32 Å². The molecule has 0 atom stereocenters. The van der Waals surface area contributed by atoms with Crippen molar-refractivity contribution in [2.24, 2.45) is 0 Å². The Kier molecular flexibility index (Phi) is 4.17. The third-order valence-electron chi connectivity index (χ3n) is 4.59. The number of amides is 1. The molecule has 1 amide bonds. The van der Waals surface area contributed by atoms with Crippen LogP contribution >= 0.6 is 15.9 Å². The number of aromatic nitrogens is 2. The molecule has 0 aliphatic heterocycles. The Bertz CT molecular complexity index is 947. The predicted molar refractivity (Wildman–Crippen MR) is 102 cm³/mol. The smallest absolute Gasteiger partial charge is 0.276 e. The van der Waals surface area contributed by atoms with E-state index in [9.17, 15) is 4.79 Å². The Morgan fingerprint density at radius 3 is 2.76 bits per heavy atom. The summed E-state index contributed by atoms with van der Waals surface area (Å²) in [7, 11) is 0. The SMILES string of the molecule is Cc1ccc(Br)cc1NC(=O)c1nn(-c2ccccc2)c2c1CCC2. The highest BCUT2D eigenvalue weighted by Crippen LogP contribution is 2.29. The van der Waals surface area contributed by atoms with Crippen LogP contribution in [0.15, 0.2) is 53.0 Å². The van der Waals surface area contributed by atoms with Gasteiger partial charge in [-0.05, 0) is 56.0 Å². The van der Waals surface area contributed by atoms with Crippen molar-refractivity contribution < 1.29 is 4.79 Å². The molecule has 1 aliphatic rings. The summed E-state index contributed by atoms with van der Waals surface area (Å²) in [6, 6.07) is 15.9. The number of nitrogens with one attached hydrogen (secondary N) is 1. The first-order valence-corrected chi connectivity index (χ1v) is 9.16. The number of carbonyl (C=O) groups excluding carboxylic acids is 1. The minimum atomic E-state index is -0.144. The number of halogens is 1. The minimum absolute atomic E-state index is 0.144. The Morgan fingerprint density at radius 1 is 1.16 bits per heavy atom. The molecule has 25 heavy (non-hydrogen) atoms. The molecule has 2 aromatic carbocycles. The van der Waals surface area contributed by atoms with Gasteiger partial charge in [-0.25, -0.2) is 4.68 Å². The summed E-state index contributed by atoms with van der Waals surface area (Å²) in [4.78, 5) is 12.9. The monoisotopic (exact) mass is 395 g/mol. The number of rotatable bonds is 3. The molecule has 4 rings (SSSR count). The molecule has 0 saturated heterocycles. The van der Waals surface area contributed by atoms with E-state index in [0.717, 1.165) is 51.9 Å². The lowest BCUT2D eigenvalue weighted by Crippen LogP contribution is -2.15. The first-order valence-electron chi connectivity index (χ1n) is 8.37.